The molecule has 0 saturated heterocycles. The lowest BCUT2D eigenvalue weighted by molar-refractivity contribution is 0.0941. The van der Waals surface area contributed by atoms with Gasteiger partial charge in [-0.25, -0.2) is 0 Å². The average Bonchev–Trinajstić information content (AvgIpc) is 2.24. The number of aromatic hydroxyl groups is 1. The maximum absolute atomic E-state index is 11.7. The summed E-state index contributed by atoms with van der Waals surface area (Å²) in [7, 11) is 1.63. The first-order valence-electron chi connectivity index (χ1n) is 5.16. The van der Waals surface area contributed by atoms with Gasteiger partial charge in [-0.05, 0) is 13.3 Å². The Morgan fingerprint density at radius 3 is 2.75 bits per heavy atom. The molecule has 5 nitrogen and oxygen atoms in total. The SMILES string of the molecule is CCCNC(=O)c1c(O)c(=O)cc(C)n1C. The second-order valence-corrected chi connectivity index (χ2v) is 3.66. The summed E-state index contributed by atoms with van der Waals surface area (Å²) in [5.41, 5.74) is 0.111. The number of hydrogen-bond donors (Lipinski definition) is 2. The molecule has 1 aromatic heterocycles. The van der Waals surface area contributed by atoms with Crippen LogP contribution in [-0.4, -0.2) is 22.1 Å². The van der Waals surface area contributed by atoms with Gasteiger partial charge in [0.05, 0.1) is 0 Å². The Morgan fingerprint density at radius 2 is 2.19 bits per heavy atom. The molecule has 0 bridgehead atoms. The summed E-state index contributed by atoms with van der Waals surface area (Å²) in [5.74, 6) is -0.927. The first-order valence-corrected chi connectivity index (χ1v) is 5.16. The van der Waals surface area contributed by atoms with Crippen LogP contribution in [0.4, 0.5) is 0 Å². The number of nitrogens with one attached hydrogen (secondary N) is 1. The Kier molecular flexibility index (Phi) is 3.71. The minimum Gasteiger partial charge on any atom is -0.503 e. The minimum atomic E-state index is -0.530. The van der Waals surface area contributed by atoms with Gasteiger partial charge in [-0.1, -0.05) is 6.92 Å². The smallest absolute Gasteiger partial charge is 0.271 e. The zero-order chi connectivity index (χ0) is 12.3. The van der Waals surface area contributed by atoms with E-state index in [2.05, 4.69) is 5.32 Å². The van der Waals surface area contributed by atoms with Gasteiger partial charge in [0.2, 0.25) is 5.43 Å². The summed E-state index contributed by atoms with van der Waals surface area (Å²) >= 11 is 0. The van der Waals surface area contributed by atoms with Crippen molar-refractivity contribution in [1.82, 2.24) is 9.88 Å². The number of carbonyl (C=O) groups is 1. The molecule has 0 radical (unpaired) electrons. The number of aromatic nitrogens is 1. The van der Waals surface area contributed by atoms with Crippen molar-refractivity contribution in [1.29, 1.82) is 0 Å². The van der Waals surface area contributed by atoms with Gasteiger partial charge >= 0.3 is 0 Å². The molecular weight excluding hydrogens is 208 g/mol. The molecule has 0 spiro atoms. The molecule has 0 unspecified atom stereocenters. The maximum atomic E-state index is 11.7. The molecule has 1 heterocycles. The molecule has 0 atom stereocenters. The van der Waals surface area contributed by atoms with E-state index < -0.39 is 17.1 Å². The van der Waals surface area contributed by atoms with Gasteiger partial charge in [0, 0.05) is 25.4 Å². The topological polar surface area (TPSA) is 71.3 Å². The normalized spacial score (nSPS) is 10.2. The van der Waals surface area contributed by atoms with Crippen LogP contribution in [0.15, 0.2) is 10.9 Å². The second kappa shape index (κ2) is 4.83. The Hall–Kier alpha value is -1.78. The molecule has 16 heavy (non-hydrogen) atoms. The third kappa shape index (κ3) is 2.24. The molecule has 0 aliphatic carbocycles. The molecule has 0 saturated carbocycles. The molecule has 1 aromatic rings. The van der Waals surface area contributed by atoms with Crippen molar-refractivity contribution in [2.45, 2.75) is 20.3 Å². The predicted molar refractivity (Wildman–Crippen MR) is 60.7 cm³/mol. The van der Waals surface area contributed by atoms with Crippen LogP contribution in [0, 0.1) is 6.92 Å². The fraction of sp³-hybridized carbons (Fsp3) is 0.455. The van der Waals surface area contributed by atoms with E-state index in [-0.39, 0.29) is 5.69 Å². The number of nitrogens with zero attached hydrogens (tertiary/aromatic N) is 1. The highest BCUT2D eigenvalue weighted by molar-refractivity contribution is 5.95. The van der Waals surface area contributed by atoms with Crippen LogP contribution in [0.3, 0.4) is 0 Å². The lowest BCUT2D eigenvalue weighted by Gasteiger charge is -2.12. The summed E-state index contributed by atoms with van der Waals surface area (Å²) < 4.78 is 1.50. The van der Waals surface area contributed by atoms with Crippen LogP contribution < -0.4 is 10.7 Å². The van der Waals surface area contributed by atoms with Crippen molar-refractivity contribution in [3.63, 3.8) is 0 Å². The van der Waals surface area contributed by atoms with Gasteiger partial charge in [-0.15, -0.1) is 0 Å². The highest BCUT2D eigenvalue weighted by Crippen LogP contribution is 2.12. The lowest BCUT2D eigenvalue weighted by atomic mass is 10.2. The number of rotatable bonds is 3. The summed E-state index contributed by atoms with van der Waals surface area (Å²) in [6.45, 7) is 4.15. The van der Waals surface area contributed by atoms with Gasteiger partial charge in [-0.2, -0.15) is 0 Å². The summed E-state index contributed by atoms with van der Waals surface area (Å²) in [5, 5.41) is 12.2. The number of amides is 1. The van der Waals surface area contributed by atoms with E-state index in [1.54, 1.807) is 14.0 Å². The lowest BCUT2D eigenvalue weighted by Crippen LogP contribution is -2.29. The van der Waals surface area contributed by atoms with Gasteiger partial charge in [-0.3, -0.25) is 9.59 Å². The van der Waals surface area contributed by atoms with E-state index in [4.69, 9.17) is 0 Å². The van der Waals surface area contributed by atoms with E-state index in [1.165, 1.54) is 10.6 Å². The maximum Gasteiger partial charge on any atom is 0.271 e. The van der Waals surface area contributed by atoms with E-state index in [0.717, 1.165) is 6.42 Å². The zero-order valence-electron chi connectivity index (χ0n) is 9.70. The second-order valence-electron chi connectivity index (χ2n) is 3.66. The Bertz CT molecular complexity index is 463. The van der Waals surface area contributed by atoms with Crippen LogP contribution in [0.1, 0.15) is 29.5 Å². The molecule has 0 fully saturated rings. The zero-order valence-corrected chi connectivity index (χ0v) is 9.70. The van der Waals surface area contributed by atoms with Crippen LogP contribution in [0.5, 0.6) is 5.75 Å². The van der Waals surface area contributed by atoms with Crippen LogP contribution in [0.25, 0.3) is 0 Å². The fourth-order valence-corrected chi connectivity index (χ4v) is 1.39. The molecule has 0 aliphatic heterocycles. The highest BCUT2D eigenvalue weighted by Gasteiger charge is 2.17. The summed E-state index contributed by atoms with van der Waals surface area (Å²) in [6, 6.07) is 1.30. The van der Waals surface area contributed by atoms with E-state index in [1.807, 2.05) is 6.92 Å². The molecule has 1 amide bonds. The Balaban J connectivity index is 3.22. The van der Waals surface area contributed by atoms with Crippen LogP contribution in [-0.2, 0) is 7.05 Å². The molecule has 5 heteroatoms. The molecule has 2 N–H and O–H groups in total. The fourth-order valence-electron chi connectivity index (χ4n) is 1.39. The van der Waals surface area contributed by atoms with Gasteiger partial charge in [0.1, 0.15) is 0 Å². The van der Waals surface area contributed by atoms with Crippen molar-refractivity contribution >= 4 is 5.91 Å². The van der Waals surface area contributed by atoms with Crippen molar-refractivity contribution in [2.24, 2.45) is 7.05 Å². The number of aryl methyl sites for hydroxylation is 1. The largest absolute Gasteiger partial charge is 0.503 e. The van der Waals surface area contributed by atoms with Crippen molar-refractivity contribution in [3.05, 3.63) is 27.7 Å². The third-order valence-corrected chi connectivity index (χ3v) is 2.41. The third-order valence-electron chi connectivity index (χ3n) is 2.41. The number of carbonyl (C=O) groups excluding carboxylic acids is 1. The molecule has 1 rings (SSSR count). The first kappa shape index (κ1) is 12.3. The van der Waals surface area contributed by atoms with E-state index >= 15 is 0 Å². The van der Waals surface area contributed by atoms with Crippen molar-refractivity contribution in [3.8, 4) is 5.75 Å². The van der Waals surface area contributed by atoms with Gasteiger partial charge < -0.3 is 15.0 Å². The van der Waals surface area contributed by atoms with Crippen LogP contribution >= 0.6 is 0 Å². The predicted octanol–water partition coefficient (Wildman–Crippen LogP) is 0.539. The molecule has 0 aromatic carbocycles. The average molecular weight is 224 g/mol. The Labute approximate surface area is 93.7 Å². The Morgan fingerprint density at radius 1 is 1.56 bits per heavy atom. The summed E-state index contributed by atoms with van der Waals surface area (Å²) in [6.07, 6.45) is 0.798. The van der Waals surface area contributed by atoms with Crippen molar-refractivity contribution in [2.75, 3.05) is 6.54 Å². The highest BCUT2D eigenvalue weighted by atomic mass is 16.3. The summed E-state index contributed by atoms with van der Waals surface area (Å²) in [4.78, 5) is 23.1. The van der Waals surface area contributed by atoms with Crippen LogP contribution in [0.2, 0.25) is 0 Å². The van der Waals surface area contributed by atoms with E-state index in [0.29, 0.717) is 12.2 Å². The monoisotopic (exact) mass is 224 g/mol. The number of hydrogen-bond acceptors (Lipinski definition) is 3. The van der Waals surface area contributed by atoms with Crippen molar-refractivity contribution < 1.29 is 9.90 Å². The van der Waals surface area contributed by atoms with Gasteiger partial charge in [0.15, 0.2) is 11.4 Å². The quantitative estimate of drug-likeness (QED) is 0.787. The van der Waals surface area contributed by atoms with Gasteiger partial charge in [0.25, 0.3) is 5.91 Å². The molecule has 88 valence electrons. The minimum absolute atomic E-state index is 0.0125. The first-order chi connectivity index (χ1) is 7.49. The standard InChI is InChI=1S/C11H16N2O3/c1-4-5-12-11(16)9-10(15)8(14)6-7(2)13(9)3/h6,15H,4-5H2,1-3H3,(H,12,16). The van der Waals surface area contributed by atoms with E-state index in [9.17, 15) is 14.7 Å². The molecule has 0 aliphatic rings. The molecular formula is C11H16N2O3. The number of pyridine rings is 1.